The van der Waals surface area contributed by atoms with Crippen LogP contribution in [0.2, 0.25) is 0 Å². The van der Waals surface area contributed by atoms with E-state index in [1.807, 2.05) is 18.2 Å². The maximum Gasteiger partial charge on any atom is 0.244 e. The van der Waals surface area contributed by atoms with Gasteiger partial charge in [-0.25, -0.2) is 8.42 Å². The molecule has 1 unspecified atom stereocenters. The number of piperazine rings is 1. The first-order valence-electron chi connectivity index (χ1n) is 12.1. The number of rotatable bonds is 6. The Morgan fingerprint density at radius 2 is 1.71 bits per heavy atom. The summed E-state index contributed by atoms with van der Waals surface area (Å²) in [6.45, 7) is 2.30. The number of benzene rings is 2. The number of methoxy groups -OCH3 is 1. The molecule has 2 saturated heterocycles. The van der Waals surface area contributed by atoms with Crippen molar-refractivity contribution in [1.82, 2.24) is 14.1 Å². The number of nitriles is 1. The number of ether oxygens (including phenoxy) is 1. The summed E-state index contributed by atoms with van der Waals surface area (Å²) in [5, 5.41) is 9.30. The SMILES string of the molecule is COc1ccc(C2CCCCCN2CC(=O)N2CCN(S(=O)(=O)c3ccccc3C#N)CC2)cc1. The van der Waals surface area contributed by atoms with Crippen LogP contribution in [-0.2, 0) is 14.8 Å². The largest absolute Gasteiger partial charge is 0.497 e. The van der Waals surface area contributed by atoms with Crippen LogP contribution in [0.15, 0.2) is 53.4 Å². The monoisotopic (exact) mass is 496 g/mol. The molecule has 0 aromatic heterocycles. The van der Waals surface area contributed by atoms with Gasteiger partial charge in [-0.3, -0.25) is 9.69 Å². The lowest BCUT2D eigenvalue weighted by atomic mass is 10.0. The minimum absolute atomic E-state index is 0.0224. The van der Waals surface area contributed by atoms with E-state index in [1.54, 1.807) is 24.1 Å². The number of sulfonamides is 1. The standard InChI is InChI=1S/C26H32N4O4S/c1-34-23-12-10-21(11-13-23)24-8-3-2-6-14-29(24)20-26(31)28-15-17-30(18-16-28)35(32,33)25-9-5-4-7-22(25)19-27/h4-5,7,9-13,24H,2-3,6,8,14-18,20H2,1H3. The maximum atomic E-state index is 13.2. The molecule has 0 saturated carbocycles. The number of nitrogens with zero attached hydrogens (tertiary/aromatic N) is 4. The van der Waals surface area contributed by atoms with Gasteiger partial charge in [0.2, 0.25) is 15.9 Å². The van der Waals surface area contributed by atoms with Crippen molar-refractivity contribution in [3.05, 3.63) is 59.7 Å². The van der Waals surface area contributed by atoms with Crippen molar-refractivity contribution in [1.29, 1.82) is 5.26 Å². The van der Waals surface area contributed by atoms with Gasteiger partial charge in [-0.2, -0.15) is 9.57 Å². The van der Waals surface area contributed by atoms with E-state index in [1.165, 1.54) is 22.0 Å². The van der Waals surface area contributed by atoms with Gasteiger partial charge >= 0.3 is 0 Å². The van der Waals surface area contributed by atoms with Crippen LogP contribution >= 0.6 is 0 Å². The zero-order valence-corrected chi connectivity index (χ0v) is 20.9. The second kappa shape index (κ2) is 11.2. The topological polar surface area (TPSA) is 93.9 Å². The molecular formula is C26H32N4O4S. The van der Waals surface area contributed by atoms with E-state index in [0.29, 0.717) is 19.6 Å². The van der Waals surface area contributed by atoms with E-state index in [2.05, 4.69) is 17.0 Å². The van der Waals surface area contributed by atoms with Crippen molar-refractivity contribution < 1.29 is 17.9 Å². The average Bonchev–Trinajstić information content (AvgIpc) is 3.14. The molecule has 0 N–H and O–H groups in total. The maximum absolute atomic E-state index is 13.2. The van der Waals surface area contributed by atoms with Crippen molar-refractivity contribution in [2.45, 2.75) is 36.6 Å². The molecule has 4 rings (SSSR count). The number of carbonyl (C=O) groups is 1. The second-order valence-corrected chi connectivity index (χ2v) is 10.9. The Hall–Kier alpha value is -2.93. The lowest BCUT2D eigenvalue weighted by Gasteiger charge is -2.36. The molecule has 35 heavy (non-hydrogen) atoms. The van der Waals surface area contributed by atoms with Crippen molar-refractivity contribution in [3.8, 4) is 11.8 Å². The summed E-state index contributed by atoms with van der Waals surface area (Å²) in [5.74, 6) is 0.843. The molecule has 2 heterocycles. The first-order chi connectivity index (χ1) is 16.9. The van der Waals surface area contributed by atoms with Crippen molar-refractivity contribution in [2.24, 2.45) is 0 Å². The highest BCUT2D eigenvalue weighted by Crippen LogP contribution is 2.31. The number of hydrogen-bond donors (Lipinski definition) is 0. The summed E-state index contributed by atoms with van der Waals surface area (Å²) >= 11 is 0. The molecule has 0 radical (unpaired) electrons. The van der Waals surface area contributed by atoms with Gasteiger partial charge in [-0.1, -0.05) is 37.1 Å². The molecular weight excluding hydrogens is 464 g/mol. The summed E-state index contributed by atoms with van der Waals surface area (Å²) in [5.41, 5.74) is 1.32. The highest BCUT2D eigenvalue weighted by atomic mass is 32.2. The van der Waals surface area contributed by atoms with Gasteiger partial charge in [0.25, 0.3) is 0 Å². The molecule has 0 spiro atoms. The lowest BCUT2D eigenvalue weighted by Crippen LogP contribution is -2.52. The summed E-state index contributed by atoms with van der Waals surface area (Å²) < 4.78 is 32.9. The molecule has 0 aliphatic carbocycles. The number of likely N-dealkylation sites (tertiary alicyclic amines) is 1. The van der Waals surface area contributed by atoms with Crippen LogP contribution < -0.4 is 4.74 Å². The first-order valence-corrected chi connectivity index (χ1v) is 13.5. The fraction of sp³-hybridized carbons (Fsp3) is 0.462. The molecule has 1 atom stereocenters. The number of amides is 1. The van der Waals surface area contributed by atoms with Crippen LogP contribution in [0.4, 0.5) is 0 Å². The highest BCUT2D eigenvalue weighted by molar-refractivity contribution is 7.89. The molecule has 8 nitrogen and oxygen atoms in total. The van der Waals surface area contributed by atoms with Gasteiger partial charge < -0.3 is 9.64 Å². The van der Waals surface area contributed by atoms with E-state index in [0.717, 1.165) is 38.0 Å². The van der Waals surface area contributed by atoms with Gasteiger partial charge in [-0.15, -0.1) is 0 Å². The Balaban J connectivity index is 1.40. The summed E-state index contributed by atoms with van der Waals surface area (Å²) in [6.07, 6.45) is 4.34. The average molecular weight is 497 g/mol. The zero-order valence-electron chi connectivity index (χ0n) is 20.1. The molecule has 0 bridgehead atoms. The quantitative estimate of drug-likeness (QED) is 0.610. The van der Waals surface area contributed by atoms with E-state index in [4.69, 9.17) is 4.74 Å². The van der Waals surface area contributed by atoms with Gasteiger partial charge in [0.15, 0.2) is 0 Å². The van der Waals surface area contributed by atoms with Crippen LogP contribution in [0.3, 0.4) is 0 Å². The highest BCUT2D eigenvalue weighted by Gasteiger charge is 2.33. The summed E-state index contributed by atoms with van der Waals surface area (Å²) in [6, 6.07) is 16.5. The molecule has 9 heteroatoms. The molecule has 2 aliphatic rings. The van der Waals surface area contributed by atoms with Crippen molar-refractivity contribution in [3.63, 3.8) is 0 Å². The third-order valence-corrected chi connectivity index (χ3v) is 8.88. The Morgan fingerprint density at radius 3 is 2.40 bits per heavy atom. The smallest absolute Gasteiger partial charge is 0.244 e. The zero-order chi connectivity index (χ0) is 24.8. The van der Waals surface area contributed by atoms with Crippen LogP contribution in [-0.4, -0.2) is 74.8 Å². The summed E-state index contributed by atoms with van der Waals surface area (Å²) in [7, 11) is -2.13. The Bertz CT molecular complexity index is 1170. The van der Waals surface area contributed by atoms with Crippen LogP contribution in [0.25, 0.3) is 0 Å². The predicted molar refractivity (Wildman–Crippen MR) is 132 cm³/mol. The molecule has 1 amide bonds. The van der Waals surface area contributed by atoms with Crippen molar-refractivity contribution >= 4 is 15.9 Å². The molecule has 2 aliphatic heterocycles. The minimum atomic E-state index is -3.78. The first kappa shape index (κ1) is 25.2. The normalized spacial score (nSPS) is 20.1. The summed E-state index contributed by atoms with van der Waals surface area (Å²) in [4.78, 5) is 17.3. The third-order valence-electron chi connectivity index (χ3n) is 6.92. The Labute approximate surface area is 207 Å². The molecule has 2 aromatic rings. The van der Waals surface area contributed by atoms with Crippen LogP contribution in [0.1, 0.15) is 42.9 Å². The van der Waals surface area contributed by atoms with E-state index >= 15 is 0 Å². The van der Waals surface area contributed by atoms with E-state index in [9.17, 15) is 18.5 Å². The van der Waals surface area contributed by atoms with Gasteiger partial charge in [0, 0.05) is 32.2 Å². The fourth-order valence-electron chi connectivity index (χ4n) is 4.94. The Morgan fingerprint density at radius 1 is 1.00 bits per heavy atom. The molecule has 186 valence electrons. The molecule has 2 fully saturated rings. The fourth-order valence-corrected chi connectivity index (χ4v) is 6.50. The lowest BCUT2D eigenvalue weighted by molar-refractivity contribution is -0.134. The van der Waals surface area contributed by atoms with Crippen LogP contribution in [0.5, 0.6) is 5.75 Å². The number of carbonyl (C=O) groups excluding carboxylic acids is 1. The molecule has 2 aromatic carbocycles. The van der Waals surface area contributed by atoms with Gasteiger partial charge in [-0.05, 0) is 49.2 Å². The van der Waals surface area contributed by atoms with Crippen LogP contribution in [0, 0.1) is 11.3 Å². The minimum Gasteiger partial charge on any atom is -0.497 e. The Kier molecular flexibility index (Phi) is 8.06. The van der Waals surface area contributed by atoms with E-state index in [-0.39, 0.29) is 35.5 Å². The predicted octanol–water partition coefficient (Wildman–Crippen LogP) is 3.02. The van der Waals surface area contributed by atoms with Crippen molar-refractivity contribution in [2.75, 3.05) is 46.4 Å². The van der Waals surface area contributed by atoms with Gasteiger partial charge in [0.05, 0.1) is 24.1 Å². The van der Waals surface area contributed by atoms with Gasteiger partial charge in [0.1, 0.15) is 11.8 Å². The second-order valence-electron chi connectivity index (χ2n) is 9.00. The third kappa shape index (κ3) is 5.67. The number of hydrogen-bond acceptors (Lipinski definition) is 6. The van der Waals surface area contributed by atoms with E-state index < -0.39 is 10.0 Å².